The Labute approximate surface area is 150 Å². The first-order chi connectivity index (χ1) is 12.1. The summed E-state index contributed by atoms with van der Waals surface area (Å²) in [5.74, 6) is 2.29. The van der Waals surface area contributed by atoms with Crippen molar-refractivity contribution in [1.29, 1.82) is 0 Å². The number of rotatable bonds is 4. The van der Waals surface area contributed by atoms with E-state index >= 15 is 0 Å². The highest BCUT2D eigenvalue weighted by atomic mass is 16.2. The molecule has 0 N–H and O–H groups in total. The number of likely N-dealkylation sites (N-methyl/N-ethyl adjacent to an activating group) is 1. The van der Waals surface area contributed by atoms with Crippen LogP contribution in [0.25, 0.3) is 0 Å². The first kappa shape index (κ1) is 16.8. The van der Waals surface area contributed by atoms with Gasteiger partial charge in [0.05, 0.1) is 0 Å². The molecule has 1 saturated carbocycles. The van der Waals surface area contributed by atoms with Gasteiger partial charge in [0.2, 0.25) is 0 Å². The van der Waals surface area contributed by atoms with Crippen molar-refractivity contribution in [3.8, 4) is 0 Å². The summed E-state index contributed by atoms with van der Waals surface area (Å²) in [6, 6.07) is 8.77. The van der Waals surface area contributed by atoms with Crippen LogP contribution in [0.5, 0.6) is 0 Å². The van der Waals surface area contributed by atoms with Gasteiger partial charge < -0.3 is 0 Å². The fraction of sp³-hybridized carbons (Fsp3) is 0.619. The number of carbonyl (C=O) groups excluding carboxylic acids is 1. The minimum atomic E-state index is -0.451. The lowest BCUT2D eigenvalue weighted by molar-refractivity contribution is -0.132. The first-order valence-electron chi connectivity index (χ1n) is 9.76. The minimum Gasteiger partial charge on any atom is -0.299 e. The van der Waals surface area contributed by atoms with E-state index in [1.165, 1.54) is 11.1 Å². The maximum absolute atomic E-state index is 13.2. The van der Waals surface area contributed by atoms with Crippen LogP contribution in [-0.4, -0.2) is 46.7 Å². The largest absolute Gasteiger partial charge is 0.299 e. The average Bonchev–Trinajstić information content (AvgIpc) is 3.22. The summed E-state index contributed by atoms with van der Waals surface area (Å²) in [6.07, 6.45) is 2.93. The second kappa shape index (κ2) is 6.24. The van der Waals surface area contributed by atoms with Crippen LogP contribution in [0.1, 0.15) is 44.2 Å². The van der Waals surface area contributed by atoms with Crippen molar-refractivity contribution in [2.24, 2.45) is 16.8 Å². The smallest absolute Gasteiger partial charge is 0.256 e. The minimum absolute atomic E-state index is 0.275. The lowest BCUT2D eigenvalue weighted by Crippen LogP contribution is -2.46. The van der Waals surface area contributed by atoms with E-state index < -0.39 is 5.54 Å². The number of hydrogen-bond donors (Lipinski definition) is 0. The zero-order valence-electron chi connectivity index (χ0n) is 15.7. The third-order valence-corrected chi connectivity index (χ3v) is 6.40. The first-order valence-corrected chi connectivity index (χ1v) is 9.76. The van der Waals surface area contributed by atoms with Crippen LogP contribution in [0.2, 0.25) is 0 Å². The molecule has 134 valence electrons. The Morgan fingerprint density at radius 2 is 2.12 bits per heavy atom. The summed E-state index contributed by atoms with van der Waals surface area (Å²) in [4.78, 5) is 22.7. The Hall–Kier alpha value is -1.68. The molecule has 0 aromatic heterocycles. The molecule has 3 atom stereocenters. The van der Waals surface area contributed by atoms with Gasteiger partial charge in [-0.2, -0.15) is 0 Å². The highest BCUT2D eigenvalue weighted by Gasteiger charge is 2.60. The summed E-state index contributed by atoms with van der Waals surface area (Å²) >= 11 is 0. The fourth-order valence-electron chi connectivity index (χ4n) is 5.27. The van der Waals surface area contributed by atoms with Crippen LogP contribution in [-0.2, 0) is 11.3 Å². The number of likely N-dealkylation sites (tertiary alicyclic amines) is 1. The molecule has 0 unspecified atom stereocenters. The quantitative estimate of drug-likeness (QED) is 0.844. The van der Waals surface area contributed by atoms with Gasteiger partial charge in [-0.25, -0.2) is 0 Å². The topological polar surface area (TPSA) is 35.9 Å². The normalized spacial score (nSPS) is 31.9. The third kappa shape index (κ3) is 2.62. The molecular weight excluding hydrogens is 310 g/mol. The number of nitrogens with zero attached hydrogens (tertiary/aromatic N) is 3. The number of hydrogen-bond acceptors (Lipinski definition) is 3. The van der Waals surface area contributed by atoms with Gasteiger partial charge >= 0.3 is 0 Å². The van der Waals surface area contributed by atoms with Crippen LogP contribution in [0, 0.1) is 18.8 Å². The highest BCUT2D eigenvalue weighted by Crippen LogP contribution is 2.50. The number of fused-ring (bicyclic) bond motifs is 2. The molecule has 25 heavy (non-hydrogen) atoms. The molecule has 3 aliphatic rings. The molecule has 4 nitrogen and oxygen atoms in total. The summed E-state index contributed by atoms with van der Waals surface area (Å²) in [7, 11) is 0. The second-order valence-electron chi connectivity index (χ2n) is 7.94. The number of amides is 1. The van der Waals surface area contributed by atoms with E-state index in [0.29, 0.717) is 11.8 Å². The molecule has 1 aromatic rings. The van der Waals surface area contributed by atoms with E-state index in [1.807, 2.05) is 4.90 Å². The fourth-order valence-corrected chi connectivity index (χ4v) is 5.27. The van der Waals surface area contributed by atoms with Gasteiger partial charge in [-0.3, -0.25) is 19.6 Å². The van der Waals surface area contributed by atoms with Crippen LogP contribution in [0.3, 0.4) is 0 Å². The van der Waals surface area contributed by atoms with Crippen molar-refractivity contribution in [2.75, 3.05) is 19.6 Å². The number of carbonyl (C=O) groups is 1. The van der Waals surface area contributed by atoms with Gasteiger partial charge in [0.25, 0.3) is 5.91 Å². The van der Waals surface area contributed by atoms with E-state index in [4.69, 9.17) is 4.99 Å². The van der Waals surface area contributed by atoms with Gasteiger partial charge in [0.1, 0.15) is 11.4 Å². The SMILES string of the molecule is CCC1=N[C@@]2(CC[C@@H]3CN(Cc4cccc(C)c4)C[C@@H]32)C(=O)N1CC. The van der Waals surface area contributed by atoms with Gasteiger partial charge in [0.15, 0.2) is 0 Å². The van der Waals surface area contributed by atoms with Crippen LogP contribution < -0.4 is 0 Å². The van der Waals surface area contributed by atoms with Crippen LogP contribution >= 0.6 is 0 Å². The van der Waals surface area contributed by atoms with E-state index in [0.717, 1.165) is 51.3 Å². The number of aryl methyl sites for hydroxylation is 1. The van der Waals surface area contributed by atoms with E-state index in [2.05, 4.69) is 49.9 Å². The van der Waals surface area contributed by atoms with Crippen molar-refractivity contribution < 1.29 is 4.79 Å². The van der Waals surface area contributed by atoms with Crippen molar-refractivity contribution in [3.63, 3.8) is 0 Å². The Balaban J connectivity index is 1.54. The molecule has 0 radical (unpaired) electrons. The van der Waals surface area contributed by atoms with Crippen molar-refractivity contribution in [2.45, 2.75) is 52.1 Å². The predicted octanol–water partition coefficient (Wildman–Crippen LogP) is 3.25. The Morgan fingerprint density at radius 3 is 2.80 bits per heavy atom. The zero-order valence-corrected chi connectivity index (χ0v) is 15.7. The summed E-state index contributed by atoms with van der Waals surface area (Å²) in [6.45, 7) is 10.2. The Bertz CT molecular complexity index is 713. The second-order valence-corrected chi connectivity index (χ2v) is 7.94. The van der Waals surface area contributed by atoms with Gasteiger partial charge in [-0.15, -0.1) is 0 Å². The Kier molecular flexibility index (Phi) is 4.19. The summed E-state index contributed by atoms with van der Waals surface area (Å²) in [5, 5.41) is 0. The summed E-state index contributed by atoms with van der Waals surface area (Å²) in [5.41, 5.74) is 2.24. The molecule has 2 fully saturated rings. The molecule has 1 aliphatic carbocycles. The van der Waals surface area contributed by atoms with E-state index in [-0.39, 0.29) is 5.91 Å². The average molecular weight is 339 g/mol. The molecule has 1 aromatic carbocycles. The molecule has 1 spiro atoms. The molecule has 4 rings (SSSR count). The van der Waals surface area contributed by atoms with Crippen molar-refractivity contribution >= 4 is 11.7 Å². The number of aliphatic imine (C=N–C) groups is 1. The van der Waals surface area contributed by atoms with E-state index in [1.54, 1.807) is 0 Å². The third-order valence-electron chi connectivity index (χ3n) is 6.40. The number of amidine groups is 1. The maximum Gasteiger partial charge on any atom is 0.256 e. The molecule has 0 bridgehead atoms. The summed E-state index contributed by atoms with van der Waals surface area (Å²) < 4.78 is 0. The van der Waals surface area contributed by atoms with Gasteiger partial charge in [-0.05, 0) is 38.2 Å². The molecule has 2 heterocycles. The van der Waals surface area contributed by atoms with Crippen molar-refractivity contribution in [1.82, 2.24) is 9.80 Å². The van der Waals surface area contributed by atoms with E-state index in [9.17, 15) is 4.79 Å². The van der Waals surface area contributed by atoms with Gasteiger partial charge in [0, 0.05) is 38.5 Å². The zero-order chi connectivity index (χ0) is 17.6. The van der Waals surface area contributed by atoms with Crippen LogP contribution in [0.15, 0.2) is 29.3 Å². The Morgan fingerprint density at radius 1 is 1.28 bits per heavy atom. The molecule has 4 heteroatoms. The lowest BCUT2D eigenvalue weighted by Gasteiger charge is -2.28. The molecule has 1 amide bonds. The monoisotopic (exact) mass is 339 g/mol. The van der Waals surface area contributed by atoms with Crippen molar-refractivity contribution in [3.05, 3.63) is 35.4 Å². The lowest BCUT2D eigenvalue weighted by atomic mass is 9.85. The standard InChI is InChI=1S/C21H29N3O/c1-4-19-22-21(20(25)24(19)5-2)10-9-17-13-23(14-18(17)21)12-16-8-6-7-15(3)11-16/h6-8,11,17-18H,4-5,9-10,12-14H2,1-3H3/t17-,18+,21-/m1/s1. The predicted molar refractivity (Wildman–Crippen MR) is 101 cm³/mol. The number of benzene rings is 1. The van der Waals surface area contributed by atoms with Crippen LogP contribution in [0.4, 0.5) is 0 Å². The highest BCUT2D eigenvalue weighted by molar-refractivity contribution is 6.08. The molecular formula is C21H29N3O. The molecule has 1 saturated heterocycles. The van der Waals surface area contributed by atoms with Gasteiger partial charge in [-0.1, -0.05) is 36.8 Å². The molecule has 2 aliphatic heterocycles. The maximum atomic E-state index is 13.2.